The van der Waals surface area contributed by atoms with Crippen molar-refractivity contribution in [1.82, 2.24) is 5.32 Å². The number of ether oxygens (including phenoxy) is 1. The molecule has 0 radical (unpaired) electrons. The van der Waals surface area contributed by atoms with Crippen LogP contribution in [0.15, 0.2) is 24.3 Å². The maximum absolute atomic E-state index is 12.4. The van der Waals surface area contributed by atoms with E-state index in [2.05, 4.69) is 36.5 Å². The molecule has 120 valence electrons. The van der Waals surface area contributed by atoms with Crippen LogP contribution in [0.2, 0.25) is 0 Å². The highest BCUT2D eigenvalue weighted by Crippen LogP contribution is 2.48. The topological polar surface area (TPSA) is 64.4 Å². The molecule has 2 fully saturated rings. The Morgan fingerprint density at radius 1 is 1.36 bits per heavy atom. The van der Waals surface area contributed by atoms with Crippen molar-refractivity contribution in [1.29, 1.82) is 0 Å². The second kappa shape index (κ2) is 6.39. The molecule has 1 aromatic carbocycles. The number of hydrogen-bond donors (Lipinski definition) is 2. The molecule has 0 aromatic heterocycles. The van der Waals surface area contributed by atoms with Crippen molar-refractivity contribution < 1.29 is 9.53 Å². The van der Waals surface area contributed by atoms with E-state index in [-0.39, 0.29) is 17.2 Å². The second-order valence-electron chi connectivity index (χ2n) is 6.79. The van der Waals surface area contributed by atoms with Gasteiger partial charge in [0.05, 0.1) is 6.04 Å². The van der Waals surface area contributed by atoms with Gasteiger partial charge in [-0.25, -0.2) is 0 Å². The molecule has 0 bridgehead atoms. The quantitative estimate of drug-likeness (QED) is 0.873. The highest BCUT2D eigenvalue weighted by Gasteiger charge is 2.45. The molecule has 1 saturated heterocycles. The van der Waals surface area contributed by atoms with Crippen molar-refractivity contribution in [3.63, 3.8) is 0 Å². The minimum atomic E-state index is -0.406. The average molecular weight is 302 g/mol. The molecule has 1 amide bonds. The molecule has 1 aliphatic carbocycles. The Morgan fingerprint density at radius 3 is 2.68 bits per heavy atom. The fourth-order valence-corrected chi connectivity index (χ4v) is 3.52. The Labute approximate surface area is 132 Å². The number of carbonyl (C=O) groups is 1. The van der Waals surface area contributed by atoms with Crippen LogP contribution in [0.1, 0.15) is 36.8 Å². The monoisotopic (exact) mass is 302 g/mol. The van der Waals surface area contributed by atoms with E-state index in [1.54, 1.807) is 0 Å². The zero-order valence-corrected chi connectivity index (χ0v) is 13.3. The van der Waals surface area contributed by atoms with Crippen molar-refractivity contribution in [2.75, 3.05) is 19.8 Å². The largest absolute Gasteiger partial charge is 0.381 e. The minimum Gasteiger partial charge on any atom is -0.381 e. The summed E-state index contributed by atoms with van der Waals surface area (Å²) in [5.74, 6) is 0.245. The van der Waals surface area contributed by atoms with Crippen molar-refractivity contribution in [3.05, 3.63) is 35.4 Å². The van der Waals surface area contributed by atoms with Crippen LogP contribution < -0.4 is 11.1 Å². The molecular weight excluding hydrogens is 276 g/mol. The average Bonchev–Trinajstić information content (AvgIpc) is 3.34. The Balaban J connectivity index is 1.58. The summed E-state index contributed by atoms with van der Waals surface area (Å²) in [6, 6.07) is 8.07. The van der Waals surface area contributed by atoms with Crippen LogP contribution in [0, 0.1) is 12.8 Å². The summed E-state index contributed by atoms with van der Waals surface area (Å²) in [5, 5.41) is 3.10. The highest BCUT2D eigenvalue weighted by molar-refractivity contribution is 5.82. The summed E-state index contributed by atoms with van der Waals surface area (Å²) < 4.78 is 5.34. The molecule has 1 heterocycles. The third-order valence-corrected chi connectivity index (χ3v) is 5.25. The summed E-state index contributed by atoms with van der Waals surface area (Å²) >= 11 is 0. The number of hydrogen-bond acceptors (Lipinski definition) is 3. The van der Waals surface area contributed by atoms with Crippen LogP contribution >= 0.6 is 0 Å². The fraction of sp³-hybridized carbons (Fsp3) is 0.611. The zero-order chi connectivity index (χ0) is 15.6. The van der Waals surface area contributed by atoms with Crippen molar-refractivity contribution in [3.8, 4) is 0 Å². The van der Waals surface area contributed by atoms with Gasteiger partial charge in [-0.15, -0.1) is 0 Å². The minimum absolute atomic E-state index is 0.00763. The van der Waals surface area contributed by atoms with E-state index in [0.717, 1.165) is 38.9 Å². The highest BCUT2D eigenvalue weighted by atomic mass is 16.5. The van der Waals surface area contributed by atoms with Crippen LogP contribution in [0.3, 0.4) is 0 Å². The van der Waals surface area contributed by atoms with Crippen LogP contribution in [0.25, 0.3) is 0 Å². The Morgan fingerprint density at radius 2 is 2.05 bits per heavy atom. The lowest BCUT2D eigenvalue weighted by Crippen LogP contribution is -2.48. The molecular formula is C18H26N2O2. The predicted molar refractivity (Wildman–Crippen MR) is 86.6 cm³/mol. The number of nitrogens with two attached hydrogens (primary N) is 1. The third-order valence-electron chi connectivity index (χ3n) is 5.25. The normalized spacial score (nSPS) is 22.1. The van der Waals surface area contributed by atoms with E-state index in [4.69, 9.17) is 10.5 Å². The molecule has 4 nitrogen and oxygen atoms in total. The van der Waals surface area contributed by atoms with Crippen molar-refractivity contribution in [2.45, 2.75) is 44.1 Å². The molecule has 1 atom stereocenters. The molecule has 22 heavy (non-hydrogen) atoms. The van der Waals surface area contributed by atoms with Gasteiger partial charge < -0.3 is 15.8 Å². The van der Waals surface area contributed by atoms with E-state index in [9.17, 15) is 4.79 Å². The van der Waals surface area contributed by atoms with Gasteiger partial charge in [-0.3, -0.25) is 4.79 Å². The molecule has 1 aromatic rings. The van der Waals surface area contributed by atoms with Gasteiger partial charge in [-0.2, -0.15) is 0 Å². The maximum atomic E-state index is 12.4. The lowest BCUT2D eigenvalue weighted by Gasteiger charge is -2.27. The van der Waals surface area contributed by atoms with Gasteiger partial charge in [0.2, 0.25) is 5.91 Å². The number of rotatable bonds is 5. The molecule has 1 saturated carbocycles. The standard InChI is InChI=1S/C18H26N2O2/c1-13-4-2-3-5-15(13)18(8-9-18)12-20-17(21)16(19)14-6-10-22-11-7-14/h2-5,14,16H,6-12,19H2,1H3,(H,20,21). The molecule has 1 unspecified atom stereocenters. The third kappa shape index (κ3) is 3.18. The van der Waals surface area contributed by atoms with E-state index in [1.165, 1.54) is 11.1 Å². The van der Waals surface area contributed by atoms with Crippen LogP contribution in [0.5, 0.6) is 0 Å². The molecule has 2 aliphatic rings. The Kier molecular flexibility index (Phi) is 4.50. The fourth-order valence-electron chi connectivity index (χ4n) is 3.52. The number of nitrogens with one attached hydrogen (secondary N) is 1. The van der Waals surface area contributed by atoms with Crippen LogP contribution in [-0.4, -0.2) is 31.7 Å². The Bertz CT molecular complexity index is 534. The van der Waals surface area contributed by atoms with Gasteiger partial charge in [0.15, 0.2) is 0 Å². The first-order valence-electron chi connectivity index (χ1n) is 8.29. The predicted octanol–water partition coefficient (Wildman–Crippen LogP) is 1.90. The van der Waals surface area contributed by atoms with Gasteiger partial charge in [0, 0.05) is 25.2 Å². The van der Waals surface area contributed by atoms with Gasteiger partial charge >= 0.3 is 0 Å². The number of benzene rings is 1. The second-order valence-corrected chi connectivity index (χ2v) is 6.79. The summed E-state index contributed by atoms with van der Waals surface area (Å²) in [4.78, 5) is 12.4. The number of carbonyl (C=O) groups excluding carboxylic acids is 1. The molecule has 1 aliphatic heterocycles. The van der Waals surface area contributed by atoms with Gasteiger partial charge in [0.1, 0.15) is 0 Å². The van der Waals surface area contributed by atoms with Crippen LogP contribution in [0.4, 0.5) is 0 Å². The maximum Gasteiger partial charge on any atom is 0.237 e. The van der Waals surface area contributed by atoms with Crippen molar-refractivity contribution in [2.24, 2.45) is 11.7 Å². The smallest absolute Gasteiger partial charge is 0.237 e. The lowest BCUT2D eigenvalue weighted by molar-refractivity contribution is -0.124. The van der Waals surface area contributed by atoms with Gasteiger partial charge in [-0.05, 0) is 49.7 Å². The molecule has 3 rings (SSSR count). The summed E-state index contributed by atoms with van der Waals surface area (Å²) in [5.41, 5.74) is 8.96. The summed E-state index contributed by atoms with van der Waals surface area (Å²) in [6.45, 7) is 4.29. The van der Waals surface area contributed by atoms with Gasteiger partial charge in [-0.1, -0.05) is 24.3 Å². The first-order valence-corrected chi connectivity index (χ1v) is 8.29. The number of aryl methyl sites for hydroxylation is 1. The summed E-state index contributed by atoms with van der Waals surface area (Å²) in [7, 11) is 0. The Hall–Kier alpha value is -1.39. The van der Waals surface area contributed by atoms with Crippen molar-refractivity contribution >= 4 is 5.91 Å². The van der Waals surface area contributed by atoms with E-state index in [0.29, 0.717) is 6.54 Å². The molecule has 0 spiro atoms. The van der Waals surface area contributed by atoms with E-state index >= 15 is 0 Å². The molecule has 4 heteroatoms. The molecule has 3 N–H and O–H groups in total. The van der Waals surface area contributed by atoms with Gasteiger partial charge in [0.25, 0.3) is 0 Å². The van der Waals surface area contributed by atoms with Crippen LogP contribution in [-0.2, 0) is 14.9 Å². The SMILES string of the molecule is Cc1ccccc1C1(CNC(=O)C(N)C2CCOCC2)CC1. The van der Waals surface area contributed by atoms with E-state index < -0.39 is 6.04 Å². The lowest BCUT2D eigenvalue weighted by atomic mass is 9.90. The first kappa shape index (κ1) is 15.5. The van der Waals surface area contributed by atoms with E-state index in [1.807, 2.05) is 0 Å². The zero-order valence-electron chi connectivity index (χ0n) is 13.3. The summed E-state index contributed by atoms with van der Waals surface area (Å²) in [6.07, 6.45) is 4.06. The number of amides is 1. The first-order chi connectivity index (χ1) is 10.6.